The molecule has 0 aliphatic carbocycles. The van der Waals surface area contributed by atoms with Gasteiger partial charge in [0.25, 0.3) is 0 Å². The Morgan fingerprint density at radius 3 is 2.95 bits per heavy atom. The van der Waals surface area contributed by atoms with Gasteiger partial charge in [0.2, 0.25) is 0 Å². The van der Waals surface area contributed by atoms with Crippen molar-refractivity contribution in [3.63, 3.8) is 0 Å². The van der Waals surface area contributed by atoms with Crippen molar-refractivity contribution in [2.24, 2.45) is 5.10 Å². The van der Waals surface area contributed by atoms with Gasteiger partial charge in [-0.05, 0) is 37.3 Å². The number of thiocarbonyl (C=S) groups is 1. The van der Waals surface area contributed by atoms with Crippen LogP contribution in [-0.4, -0.2) is 36.2 Å². The Morgan fingerprint density at radius 2 is 2.26 bits per heavy atom. The third-order valence-corrected chi connectivity index (χ3v) is 2.74. The van der Waals surface area contributed by atoms with E-state index in [2.05, 4.69) is 15.8 Å². The number of methoxy groups -OCH3 is 1. The van der Waals surface area contributed by atoms with Gasteiger partial charge in [0.15, 0.2) is 5.11 Å². The minimum absolute atomic E-state index is 0.116. The second-order valence-corrected chi connectivity index (χ2v) is 4.56. The van der Waals surface area contributed by atoms with Gasteiger partial charge >= 0.3 is 0 Å². The fourth-order valence-corrected chi connectivity index (χ4v) is 1.62. The standard InChI is InChI=1S/C12H16ClN3O2S/c1-8(10-7-9(13)3-4-11(10)17)15-16-12(19)14-5-6-18-2/h3-4,7,17H,5-6H2,1-2H3,(H2,14,16,19)/b15-8+. The smallest absolute Gasteiger partial charge is 0.187 e. The predicted octanol–water partition coefficient (Wildman–Crippen LogP) is 1.88. The fourth-order valence-electron chi connectivity index (χ4n) is 1.30. The molecule has 0 heterocycles. The van der Waals surface area contributed by atoms with Gasteiger partial charge in [-0.15, -0.1) is 0 Å². The van der Waals surface area contributed by atoms with Crippen molar-refractivity contribution in [2.75, 3.05) is 20.3 Å². The van der Waals surface area contributed by atoms with Crippen molar-refractivity contribution in [3.05, 3.63) is 28.8 Å². The Balaban J connectivity index is 2.61. The molecule has 0 fully saturated rings. The minimum atomic E-state index is 0.116. The highest BCUT2D eigenvalue weighted by Crippen LogP contribution is 2.21. The number of rotatable bonds is 5. The van der Waals surface area contributed by atoms with Gasteiger partial charge in [0.1, 0.15) is 5.75 Å². The molecule has 3 N–H and O–H groups in total. The first kappa shape index (κ1) is 15.7. The number of hydrogen-bond donors (Lipinski definition) is 3. The van der Waals surface area contributed by atoms with Gasteiger partial charge in [0, 0.05) is 24.2 Å². The van der Waals surface area contributed by atoms with Crippen molar-refractivity contribution in [1.82, 2.24) is 10.7 Å². The number of aromatic hydroxyl groups is 1. The maximum absolute atomic E-state index is 9.71. The van der Waals surface area contributed by atoms with E-state index < -0.39 is 0 Å². The van der Waals surface area contributed by atoms with E-state index in [-0.39, 0.29) is 5.75 Å². The number of phenols is 1. The molecule has 0 spiro atoms. The summed E-state index contributed by atoms with van der Waals surface area (Å²) in [5.41, 5.74) is 3.82. The van der Waals surface area contributed by atoms with Crippen LogP contribution in [0.5, 0.6) is 5.75 Å². The predicted molar refractivity (Wildman–Crippen MR) is 80.9 cm³/mol. The van der Waals surface area contributed by atoms with Crippen molar-refractivity contribution >= 4 is 34.6 Å². The number of benzene rings is 1. The molecule has 104 valence electrons. The highest BCUT2D eigenvalue weighted by molar-refractivity contribution is 7.80. The monoisotopic (exact) mass is 301 g/mol. The first-order valence-electron chi connectivity index (χ1n) is 5.60. The molecular formula is C12H16ClN3O2S. The van der Waals surface area contributed by atoms with E-state index in [1.807, 2.05) is 0 Å². The highest BCUT2D eigenvalue weighted by atomic mass is 35.5. The Labute approximate surface area is 122 Å². The van der Waals surface area contributed by atoms with E-state index in [0.29, 0.717) is 34.6 Å². The van der Waals surface area contributed by atoms with Crippen LogP contribution in [0, 0.1) is 0 Å². The molecule has 0 unspecified atom stereocenters. The molecule has 0 aromatic heterocycles. The number of phenolic OH excluding ortho intramolecular Hbond substituents is 1. The van der Waals surface area contributed by atoms with E-state index in [1.165, 1.54) is 6.07 Å². The maximum Gasteiger partial charge on any atom is 0.187 e. The molecule has 0 saturated heterocycles. The van der Waals surface area contributed by atoms with Crippen LogP contribution in [0.25, 0.3) is 0 Å². The quantitative estimate of drug-likeness (QED) is 0.335. The lowest BCUT2D eigenvalue weighted by Gasteiger charge is -2.08. The molecule has 0 bridgehead atoms. The summed E-state index contributed by atoms with van der Waals surface area (Å²) in [6.07, 6.45) is 0. The third-order valence-electron chi connectivity index (χ3n) is 2.27. The molecule has 0 aliphatic rings. The van der Waals surface area contributed by atoms with Crippen molar-refractivity contribution in [2.45, 2.75) is 6.92 Å². The van der Waals surface area contributed by atoms with E-state index in [1.54, 1.807) is 26.2 Å². The topological polar surface area (TPSA) is 65.9 Å². The highest BCUT2D eigenvalue weighted by Gasteiger charge is 2.05. The minimum Gasteiger partial charge on any atom is -0.507 e. The molecule has 0 atom stereocenters. The molecule has 0 aliphatic heterocycles. The Kier molecular flexibility index (Phi) is 6.55. The van der Waals surface area contributed by atoms with Crippen LogP contribution in [0.4, 0.5) is 0 Å². The zero-order valence-corrected chi connectivity index (χ0v) is 12.3. The summed E-state index contributed by atoms with van der Waals surface area (Å²) in [4.78, 5) is 0. The lowest BCUT2D eigenvalue weighted by atomic mass is 10.1. The van der Waals surface area contributed by atoms with Gasteiger partial charge in [-0.2, -0.15) is 5.10 Å². The second kappa shape index (κ2) is 7.93. The lowest BCUT2D eigenvalue weighted by Crippen LogP contribution is -2.34. The molecule has 1 aromatic carbocycles. The summed E-state index contributed by atoms with van der Waals surface area (Å²) in [6.45, 7) is 2.90. The number of nitrogens with zero attached hydrogens (tertiary/aromatic N) is 1. The molecule has 7 heteroatoms. The number of nitrogens with one attached hydrogen (secondary N) is 2. The zero-order valence-electron chi connectivity index (χ0n) is 10.7. The summed E-state index contributed by atoms with van der Waals surface area (Å²) >= 11 is 10.9. The van der Waals surface area contributed by atoms with Crippen molar-refractivity contribution < 1.29 is 9.84 Å². The normalized spacial score (nSPS) is 11.2. The molecule has 1 rings (SSSR count). The Hall–Kier alpha value is -1.37. The van der Waals surface area contributed by atoms with E-state index in [0.717, 1.165) is 0 Å². The van der Waals surface area contributed by atoms with E-state index >= 15 is 0 Å². The average molecular weight is 302 g/mol. The molecule has 1 aromatic rings. The summed E-state index contributed by atoms with van der Waals surface area (Å²) in [7, 11) is 1.61. The molecule has 0 radical (unpaired) electrons. The molecule has 19 heavy (non-hydrogen) atoms. The Morgan fingerprint density at radius 1 is 1.53 bits per heavy atom. The van der Waals surface area contributed by atoms with Crippen LogP contribution in [0.1, 0.15) is 12.5 Å². The fraction of sp³-hybridized carbons (Fsp3) is 0.333. The van der Waals surface area contributed by atoms with Crippen LogP contribution < -0.4 is 10.7 Å². The Bertz CT molecular complexity index is 480. The lowest BCUT2D eigenvalue weighted by molar-refractivity contribution is 0.204. The van der Waals surface area contributed by atoms with Crippen LogP contribution in [0.3, 0.4) is 0 Å². The number of ether oxygens (including phenoxy) is 1. The number of hydrogen-bond acceptors (Lipinski definition) is 4. The molecule has 5 nitrogen and oxygen atoms in total. The molecule has 0 amide bonds. The van der Waals surface area contributed by atoms with E-state index in [9.17, 15) is 5.11 Å². The van der Waals surface area contributed by atoms with Gasteiger partial charge in [0.05, 0.1) is 12.3 Å². The van der Waals surface area contributed by atoms with Crippen molar-refractivity contribution in [3.8, 4) is 5.75 Å². The molecular weight excluding hydrogens is 286 g/mol. The zero-order chi connectivity index (χ0) is 14.3. The summed E-state index contributed by atoms with van der Waals surface area (Å²) in [5, 5.41) is 17.6. The van der Waals surface area contributed by atoms with Crippen LogP contribution in [0.2, 0.25) is 5.02 Å². The third kappa shape index (κ3) is 5.42. The van der Waals surface area contributed by atoms with Crippen molar-refractivity contribution in [1.29, 1.82) is 0 Å². The maximum atomic E-state index is 9.71. The van der Waals surface area contributed by atoms with Crippen LogP contribution >= 0.6 is 23.8 Å². The first-order chi connectivity index (χ1) is 9.04. The van der Waals surface area contributed by atoms with E-state index in [4.69, 9.17) is 28.6 Å². The van der Waals surface area contributed by atoms with Gasteiger partial charge in [-0.1, -0.05) is 11.6 Å². The van der Waals surface area contributed by atoms with Gasteiger partial charge < -0.3 is 15.2 Å². The second-order valence-electron chi connectivity index (χ2n) is 3.72. The van der Waals surface area contributed by atoms with Gasteiger partial charge in [-0.3, -0.25) is 5.43 Å². The summed E-state index contributed by atoms with van der Waals surface area (Å²) < 4.78 is 4.88. The SMILES string of the molecule is COCCNC(=S)N/N=C(\C)c1cc(Cl)ccc1O. The van der Waals surface area contributed by atoms with Gasteiger partial charge in [-0.25, -0.2) is 0 Å². The summed E-state index contributed by atoms with van der Waals surface area (Å²) in [5.74, 6) is 0.116. The number of hydrazone groups is 1. The van der Waals surface area contributed by atoms with Crippen LogP contribution in [-0.2, 0) is 4.74 Å². The first-order valence-corrected chi connectivity index (χ1v) is 6.39. The summed E-state index contributed by atoms with van der Waals surface area (Å²) in [6, 6.07) is 4.77. The average Bonchev–Trinajstić information content (AvgIpc) is 2.39. The largest absolute Gasteiger partial charge is 0.507 e. The molecule has 0 saturated carbocycles. The van der Waals surface area contributed by atoms with Crippen LogP contribution in [0.15, 0.2) is 23.3 Å². The number of halogens is 1.